The highest BCUT2D eigenvalue weighted by Crippen LogP contribution is 2.35. The minimum absolute atomic E-state index is 0.195. The van der Waals surface area contributed by atoms with Gasteiger partial charge in [-0.1, -0.05) is 18.2 Å². The number of hydrogen-bond donors (Lipinski definition) is 1. The smallest absolute Gasteiger partial charge is 0.274 e. The van der Waals surface area contributed by atoms with Crippen molar-refractivity contribution in [2.75, 3.05) is 0 Å². The van der Waals surface area contributed by atoms with E-state index in [1.165, 1.54) is 10.6 Å². The van der Waals surface area contributed by atoms with Gasteiger partial charge < -0.3 is 4.98 Å². The lowest BCUT2D eigenvalue weighted by molar-refractivity contribution is 0.963. The molecule has 5 aromatic heterocycles. The van der Waals surface area contributed by atoms with Crippen LogP contribution in [0, 0.1) is 6.92 Å². The first-order valence-electron chi connectivity index (χ1n) is 10.6. The van der Waals surface area contributed by atoms with Crippen LogP contribution in [0.4, 0.5) is 0 Å². The predicted molar refractivity (Wildman–Crippen MR) is 135 cm³/mol. The summed E-state index contributed by atoms with van der Waals surface area (Å²) in [5.74, 6) is 0. The van der Waals surface area contributed by atoms with E-state index in [0.29, 0.717) is 22.6 Å². The molecule has 0 saturated carbocycles. The van der Waals surface area contributed by atoms with Crippen molar-refractivity contribution in [2.45, 2.75) is 6.92 Å². The molecule has 0 aliphatic heterocycles. The van der Waals surface area contributed by atoms with Crippen molar-refractivity contribution in [3.63, 3.8) is 0 Å². The molecule has 34 heavy (non-hydrogen) atoms. The Bertz CT molecular complexity index is 1830. The fourth-order valence-electron chi connectivity index (χ4n) is 3.97. The van der Waals surface area contributed by atoms with E-state index >= 15 is 0 Å². The van der Waals surface area contributed by atoms with Gasteiger partial charge in [-0.15, -0.1) is 11.3 Å². The van der Waals surface area contributed by atoms with Gasteiger partial charge in [-0.2, -0.15) is 0 Å². The number of thiophene rings is 1. The van der Waals surface area contributed by atoms with Crippen molar-refractivity contribution in [1.29, 1.82) is 0 Å². The topological polar surface area (TPSA) is 93.5 Å². The van der Waals surface area contributed by atoms with Crippen LogP contribution in [0.1, 0.15) is 4.88 Å². The van der Waals surface area contributed by atoms with Crippen molar-refractivity contribution in [3.05, 3.63) is 105 Å². The number of fused-ring (bicyclic) bond motifs is 2. The maximum atomic E-state index is 12.9. The molecule has 0 amide bonds. The molecule has 0 aliphatic rings. The standard InChI is InChI=1S/C26H17N5O2S/c1-15-7-10-21(34-15)24-23(17-8-9-18-16(13-17)5-4-11-27-18)28-19-14-20(26(33)30-25(19)29-24)31-12-3-2-6-22(31)32/h2-14H,1H3,(H,29,30,33). The highest BCUT2D eigenvalue weighted by molar-refractivity contribution is 7.15. The van der Waals surface area contributed by atoms with Crippen LogP contribution in [0.2, 0.25) is 0 Å². The van der Waals surface area contributed by atoms with E-state index in [1.54, 1.807) is 41.9 Å². The van der Waals surface area contributed by atoms with E-state index in [-0.39, 0.29) is 11.2 Å². The number of rotatable bonds is 3. The number of aromatic nitrogens is 5. The van der Waals surface area contributed by atoms with E-state index in [2.05, 4.69) is 9.97 Å². The van der Waals surface area contributed by atoms with Gasteiger partial charge >= 0.3 is 0 Å². The minimum Gasteiger partial charge on any atom is -0.303 e. The van der Waals surface area contributed by atoms with Crippen LogP contribution in [-0.2, 0) is 0 Å². The number of aromatic amines is 1. The maximum Gasteiger partial charge on any atom is 0.274 e. The maximum absolute atomic E-state index is 12.9. The van der Waals surface area contributed by atoms with Crippen LogP contribution >= 0.6 is 11.3 Å². The Balaban J connectivity index is 1.65. The molecule has 164 valence electrons. The van der Waals surface area contributed by atoms with Gasteiger partial charge in [0, 0.05) is 34.3 Å². The minimum atomic E-state index is -0.409. The highest BCUT2D eigenvalue weighted by Gasteiger charge is 2.17. The highest BCUT2D eigenvalue weighted by atomic mass is 32.1. The molecule has 0 bridgehead atoms. The van der Waals surface area contributed by atoms with Crippen LogP contribution in [0.25, 0.3) is 49.6 Å². The molecule has 0 unspecified atom stereocenters. The third-order valence-corrected chi connectivity index (χ3v) is 6.60. The number of H-pyrrole nitrogens is 1. The molecule has 6 aromatic rings. The summed E-state index contributed by atoms with van der Waals surface area (Å²) in [5, 5.41) is 0.994. The molecule has 5 heterocycles. The van der Waals surface area contributed by atoms with Crippen LogP contribution in [0.3, 0.4) is 0 Å². The van der Waals surface area contributed by atoms with E-state index in [1.807, 2.05) is 49.4 Å². The quantitative estimate of drug-likeness (QED) is 0.410. The Labute approximate surface area is 197 Å². The average molecular weight is 464 g/mol. The lowest BCUT2D eigenvalue weighted by atomic mass is 10.1. The van der Waals surface area contributed by atoms with Gasteiger partial charge in [-0.05, 0) is 49.4 Å². The van der Waals surface area contributed by atoms with E-state index in [9.17, 15) is 9.59 Å². The van der Waals surface area contributed by atoms with Gasteiger partial charge in [0.1, 0.15) is 16.9 Å². The summed E-state index contributed by atoms with van der Waals surface area (Å²) in [5.41, 5.74) is 3.51. The number of nitrogens with one attached hydrogen (secondary N) is 1. The predicted octanol–water partition coefficient (Wildman–Crippen LogP) is 4.72. The molecular formula is C26H17N5O2S. The summed E-state index contributed by atoms with van der Waals surface area (Å²) >= 11 is 1.62. The number of hydrogen-bond acceptors (Lipinski definition) is 6. The first kappa shape index (κ1) is 20.2. The zero-order valence-corrected chi connectivity index (χ0v) is 18.8. The molecule has 8 heteroatoms. The second-order valence-corrected chi connectivity index (χ2v) is 9.16. The molecule has 6 rings (SSSR count). The summed E-state index contributed by atoms with van der Waals surface area (Å²) in [6, 6.07) is 20.3. The molecule has 0 atom stereocenters. The van der Waals surface area contributed by atoms with Gasteiger partial charge in [0.05, 0.1) is 16.1 Å². The number of nitrogens with zero attached hydrogens (tertiary/aromatic N) is 4. The van der Waals surface area contributed by atoms with Crippen LogP contribution in [0.15, 0.2) is 88.7 Å². The van der Waals surface area contributed by atoms with E-state index < -0.39 is 5.56 Å². The first-order chi connectivity index (χ1) is 16.6. The number of pyridine rings is 3. The zero-order valence-electron chi connectivity index (χ0n) is 18.0. The normalized spacial score (nSPS) is 11.3. The van der Waals surface area contributed by atoms with Crippen molar-refractivity contribution in [3.8, 4) is 27.5 Å². The van der Waals surface area contributed by atoms with Gasteiger partial charge in [-0.25, -0.2) is 9.97 Å². The third kappa shape index (κ3) is 3.41. The van der Waals surface area contributed by atoms with Crippen molar-refractivity contribution in [1.82, 2.24) is 24.5 Å². The summed E-state index contributed by atoms with van der Waals surface area (Å²) in [6.45, 7) is 2.04. The Hall–Kier alpha value is -4.43. The van der Waals surface area contributed by atoms with Gasteiger partial charge in [0.15, 0.2) is 5.65 Å². The molecule has 7 nitrogen and oxygen atoms in total. The van der Waals surface area contributed by atoms with E-state index in [0.717, 1.165) is 26.2 Å². The van der Waals surface area contributed by atoms with E-state index in [4.69, 9.17) is 9.97 Å². The van der Waals surface area contributed by atoms with Crippen molar-refractivity contribution >= 4 is 33.4 Å². The second-order valence-electron chi connectivity index (χ2n) is 7.87. The molecule has 0 aliphatic carbocycles. The summed E-state index contributed by atoms with van der Waals surface area (Å²) in [7, 11) is 0. The fourth-order valence-corrected chi connectivity index (χ4v) is 4.83. The molecule has 1 N–H and O–H groups in total. The Morgan fingerprint density at radius 3 is 2.62 bits per heavy atom. The second kappa shape index (κ2) is 7.86. The number of benzene rings is 1. The molecule has 0 fully saturated rings. The molecule has 0 radical (unpaired) electrons. The fraction of sp³-hybridized carbons (Fsp3) is 0.0385. The monoisotopic (exact) mass is 463 g/mol. The molecule has 1 aromatic carbocycles. The lowest BCUT2D eigenvalue weighted by Gasteiger charge is -2.11. The summed E-state index contributed by atoms with van der Waals surface area (Å²) < 4.78 is 1.30. The zero-order chi connectivity index (χ0) is 23.2. The Kier molecular flexibility index (Phi) is 4.67. The van der Waals surface area contributed by atoms with Gasteiger partial charge in [-0.3, -0.25) is 19.1 Å². The van der Waals surface area contributed by atoms with Crippen LogP contribution in [0.5, 0.6) is 0 Å². The number of aryl methyl sites for hydroxylation is 1. The Morgan fingerprint density at radius 2 is 1.79 bits per heavy atom. The van der Waals surface area contributed by atoms with Crippen LogP contribution < -0.4 is 11.1 Å². The molecule has 0 saturated heterocycles. The SMILES string of the molecule is Cc1ccc(-c2nc3[nH]c(=O)c(-n4ccccc4=O)cc3nc2-c2ccc3ncccc3c2)s1. The largest absolute Gasteiger partial charge is 0.303 e. The molecule has 0 spiro atoms. The molecular weight excluding hydrogens is 446 g/mol. The summed E-state index contributed by atoms with van der Waals surface area (Å²) in [4.78, 5) is 44.3. The van der Waals surface area contributed by atoms with Gasteiger partial charge in [0.25, 0.3) is 11.1 Å². The average Bonchev–Trinajstić information content (AvgIpc) is 3.29. The Morgan fingerprint density at radius 1 is 0.882 bits per heavy atom. The van der Waals surface area contributed by atoms with Crippen molar-refractivity contribution < 1.29 is 0 Å². The van der Waals surface area contributed by atoms with Crippen LogP contribution in [-0.4, -0.2) is 24.5 Å². The third-order valence-electron chi connectivity index (χ3n) is 5.59. The van der Waals surface area contributed by atoms with Crippen molar-refractivity contribution in [2.24, 2.45) is 0 Å². The van der Waals surface area contributed by atoms with Gasteiger partial charge in [0.2, 0.25) is 0 Å². The lowest BCUT2D eigenvalue weighted by Crippen LogP contribution is -2.24. The summed E-state index contributed by atoms with van der Waals surface area (Å²) in [6.07, 6.45) is 3.33. The first-order valence-corrected chi connectivity index (χ1v) is 11.4.